The van der Waals surface area contributed by atoms with Gasteiger partial charge in [-0.3, -0.25) is 5.43 Å². The standard InChI is InChI=1S/C8H5Br2F2N3S/c9-4-1-5(11)6(10)7(12)3(4)2-14-15-8(13)16/h1-2H,(H3,13,15,16). The molecule has 1 rings (SSSR count). The SMILES string of the molecule is NC(=S)NN=Cc1c(Br)cc(F)c(Br)c1F. The second-order valence-corrected chi connectivity index (χ2v) is 4.70. The van der Waals surface area contributed by atoms with Gasteiger partial charge in [-0.25, -0.2) is 8.78 Å². The van der Waals surface area contributed by atoms with Gasteiger partial charge in [0.25, 0.3) is 0 Å². The monoisotopic (exact) mass is 371 g/mol. The van der Waals surface area contributed by atoms with Crippen LogP contribution in [0.3, 0.4) is 0 Å². The molecule has 8 heteroatoms. The molecule has 0 aromatic heterocycles. The molecule has 0 aliphatic heterocycles. The van der Waals surface area contributed by atoms with Gasteiger partial charge in [0.05, 0.1) is 10.7 Å². The third-order valence-electron chi connectivity index (χ3n) is 1.52. The summed E-state index contributed by atoms with van der Waals surface area (Å²) in [6.07, 6.45) is 1.14. The molecular formula is C8H5Br2F2N3S. The van der Waals surface area contributed by atoms with E-state index < -0.39 is 11.6 Å². The van der Waals surface area contributed by atoms with Crippen molar-refractivity contribution in [2.24, 2.45) is 10.8 Å². The Kier molecular flexibility index (Phi) is 4.75. The van der Waals surface area contributed by atoms with Crippen molar-refractivity contribution in [1.29, 1.82) is 0 Å². The van der Waals surface area contributed by atoms with Crippen LogP contribution in [0.5, 0.6) is 0 Å². The Labute approximate surface area is 112 Å². The van der Waals surface area contributed by atoms with E-state index in [4.69, 9.17) is 5.73 Å². The highest BCUT2D eigenvalue weighted by Gasteiger charge is 2.14. The van der Waals surface area contributed by atoms with Crippen LogP contribution in [-0.4, -0.2) is 11.3 Å². The molecule has 0 aliphatic rings. The van der Waals surface area contributed by atoms with Crippen LogP contribution < -0.4 is 11.2 Å². The first-order valence-electron chi connectivity index (χ1n) is 3.85. The van der Waals surface area contributed by atoms with Gasteiger partial charge in [0, 0.05) is 10.0 Å². The van der Waals surface area contributed by atoms with E-state index in [1.54, 1.807) is 0 Å². The highest BCUT2D eigenvalue weighted by Crippen LogP contribution is 2.27. The highest BCUT2D eigenvalue weighted by molar-refractivity contribution is 9.11. The van der Waals surface area contributed by atoms with Gasteiger partial charge in [-0.05, 0) is 50.1 Å². The van der Waals surface area contributed by atoms with E-state index in [9.17, 15) is 8.78 Å². The van der Waals surface area contributed by atoms with Crippen molar-refractivity contribution in [2.75, 3.05) is 0 Å². The van der Waals surface area contributed by atoms with Crippen molar-refractivity contribution in [3.05, 3.63) is 32.2 Å². The number of nitrogens with two attached hydrogens (primary N) is 1. The zero-order valence-electron chi connectivity index (χ0n) is 7.60. The normalized spacial score (nSPS) is 10.8. The predicted molar refractivity (Wildman–Crippen MR) is 69.3 cm³/mol. The third-order valence-corrected chi connectivity index (χ3v) is 2.99. The zero-order chi connectivity index (χ0) is 12.3. The first-order valence-corrected chi connectivity index (χ1v) is 5.84. The van der Waals surface area contributed by atoms with Crippen LogP contribution in [0, 0.1) is 11.6 Å². The minimum atomic E-state index is -0.764. The molecule has 0 saturated heterocycles. The first-order chi connectivity index (χ1) is 7.43. The molecule has 0 amide bonds. The predicted octanol–water partition coefficient (Wildman–Crippen LogP) is 2.66. The minimum Gasteiger partial charge on any atom is -0.375 e. The van der Waals surface area contributed by atoms with Gasteiger partial charge >= 0.3 is 0 Å². The average molecular weight is 373 g/mol. The number of hydrazone groups is 1. The number of hydrogen-bond donors (Lipinski definition) is 2. The van der Waals surface area contributed by atoms with Gasteiger partial charge < -0.3 is 5.73 Å². The Hall–Kier alpha value is -0.600. The van der Waals surface area contributed by atoms with E-state index in [1.165, 1.54) is 0 Å². The molecule has 1 aromatic carbocycles. The molecule has 0 aliphatic carbocycles. The largest absolute Gasteiger partial charge is 0.375 e. The Morgan fingerprint density at radius 3 is 2.69 bits per heavy atom. The van der Waals surface area contributed by atoms with Crippen LogP contribution in [0.15, 0.2) is 20.1 Å². The number of halogens is 4. The number of nitrogens with zero attached hydrogens (tertiary/aromatic N) is 1. The third kappa shape index (κ3) is 3.19. The summed E-state index contributed by atoms with van der Waals surface area (Å²) < 4.78 is 26.6. The molecule has 86 valence electrons. The molecule has 0 atom stereocenters. The lowest BCUT2D eigenvalue weighted by atomic mass is 10.2. The van der Waals surface area contributed by atoms with Gasteiger partial charge in [0.2, 0.25) is 0 Å². The Morgan fingerprint density at radius 1 is 1.50 bits per heavy atom. The van der Waals surface area contributed by atoms with Crippen molar-refractivity contribution in [3.8, 4) is 0 Å². The van der Waals surface area contributed by atoms with E-state index in [0.29, 0.717) is 0 Å². The van der Waals surface area contributed by atoms with E-state index in [-0.39, 0.29) is 19.6 Å². The maximum absolute atomic E-state index is 13.5. The number of hydrogen-bond acceptors (Lipinski definition) is 2. The highest BCUT2D eigenvalue weighted by atomic mass is 79.9. The fourth-order valence-electron chi connectivity index (χ4n) is 0.859. The molecule has 0 saturated carbocycles. The van der Waals surface area contributed by atoms with Crippen LogP contribution in [0.4, 0.5) is 8.78 Å². The summed E-state index contributed by atoms with van der Waals surface area (Å²) in [5.74, 6) is -1.47. The number of benzene rings is 1. The summed E-state index contributed by atoms with van der Waals surface area (Å²) in [5, 5.41) is 3.53. The van der Waals surface area contributed by atoms with E-state index in [1.807, 2.05) is 0 Å². The van der Waals surface area contributed by atoms with Gasteiger partial charge in [-0.2, -0.15) is 5.10 Å². The summed E-state index contributed by atoms with van der Waals surface area (Å²) in [6, 6.07) is 1.12. The quantitative estimate of drug-likeness (QED) is 0.276. The molecule has 16 heavy (non-hydrogen) atoms. The van der Waals surface area contributed by atoms with Gasteiger partial charge in [-0.15, -0.1) is 0 Å². The van der Waals surface area contributed by atoms with Crippen LogP contribution in [0.1, 0.15) is 5.56 Å². The maximum Gasteiger partial charge on any atom is 0.184 e. The van der Waals surface area contributed by atoms with Crippen molar-refractivity contribution >= 4 is 55.4 Å². The Morgan fingerprint density at radius 2 is 2.12 bits per heavy atom. The lowest BCUT2D eigenvalue weighted by Gasteiger charge is -2.04. The maximum atomic E-state index is 13.5. The summed E-state index contributed by atoms with van der Waals surface area (Å²) in [5.41, 5.74) is 7.46. The van der Waals surface area contributed by atoms with E-state index in [0.717, 1.165) is 12.3 Å². The fourth-order valence-corrected chi connectivity index (χ4v) is 1.72. The lowest BCUT2D eigenvalue weighted by Crippen LogP contribution is -2.24. The molecule has 3 nitrogen and oxygen atoms in total. The Balaban J connectivity index is 3.09. The van der Waals surface area contributed by atoms with Gasteiger partial charge in [0.15, 0.2) is 5.11 Å². The van der Waals surface area contributed by atoms with E-state index in [2.05, 4.69) is 54.6 Å². The molecule has 0 heterocycles. The lowest BCUT2D eigenvalue weighted by molar-refractivity contribution is 0.569. The molecule has 0 fully saturated rings. The second-order valence-electron chi connectivity index (χ2n) is 2.62. The van der Waals surface area contributed by atoms with Crippen molar-refractivity contribution < 1.29 is 8.78 Å². The molecule has 1 aromatic rings. The fraction of sp³-hybridized carbons (Fsp3) is 0. The minimum absolute atomic E-state index is 0.0473. The molecular weight excluding hydrogens is 368 g/mol. The average Bonchev–Trinajstić information content (AvgIpc) is 2.19. The van der Waals surface area contributed by atoms with Crippen molar-refractivity contribution in [1.82, 2.24) is 5.43 Å². The second kappa shape index (κ2) is 5.65. The topological polar surface area (TPSA) is 50.4 Å². The summed E-state index contributed by atoms with van der Waals surface area (Å²) in [4.78, 5) is 0. The zero-order valence-corrected chi connectivity index (χ0v) is 11.6. The number of thiocarbonyl (C=S) groups is 1. The molecule has 3 N–H and O–H groups in total. The first kappa shape index (κ1) is 13.5. The Bertz CT molecular complexity index is 465. The van der Waals surface area contributed by atoms with Crippen LogP contribution >= 0.6 is 44.1 Å². The molecule has 0 bridgehead atoms. The van der Waals surface area contributed by atoms with Crippen LogP contribution in [-0.2, 0) is 0 Å². The number of nitrogens with one attached hydrogen (secondary N) is 1. The summed E-state index contributed by atoms with van der Waals surface area (Å²) >= 11 is 10.3. The smallest absolute Gasteiger partial charge is 0.184 e. The molecule has 0 unspecified atom stereocenters. The molecule has 0 spiro atoms. The van der Waals surface area contributed by atoms with Crippen LogP contribution in [0.2, 0.25) is 0 Å². The van der Waals surface area contributed by atoms with Crippen molar-refractivity contribution in [2.45, 2.75) is 0 Å². The van der Waals surface area contributed by atoms with Crippen LogP contribution in [0.25, 0.3) is 0 Å². The van der Waals surface area contributed by atoms with Gasteiger partial charge in [0.1, 0.15) is 11.6 Å². The van der Waals surface area contributed by atoms with E-state index >= 15 is 0 Å². The van der Waals surface area contributed by atoms with Gasteiger partial charge in [-0.1, -0.05) is 0 Å². The summed E-state index contributed by atoms with van der Waals surface area (Å²) in [6.45, 7) is 0. The van der Waals surface area contributed by atoms with Crippen molar-refractivity contribution in [3.63, 3.8) is 0 Å². The summed E-state index contributed by atoms with van der Waals surface area (Å²) in [7, 11) is 0. The number of rotatable bonds is 2. The molecule has 0 radical (unpaired) electrons.